The van der Waals surface area contributed by atoms with E-state index in [1.165, 1.54) is 0 Å². The van der Waals surface area contributed by atoms with Crippen molar-refractivity contribution < 1.29 is 19.4 Å². The van der Waals surface area contributed by atoms with E-state index in [1.54, 1.807) is 7.11 Å². The van der Waals surface area contributed by atoms with Crippen molar-refractivity contribution in [2.75, 3.05) is 33.4 Å². The predicted octanol–water partition coefficient (Wildman–Crippen LogP) is 0.324. The molecule has 6 nitrogen and oxygen atoms in total. The molecule has 110 valence electrons. The molecule has 0 bridgehead atoms. The van der Waals surface area contributed by atoms with E-state index in [4.69, 9.17) is 9.84 Å². The molecule has 0 aromatic carbocycles. The minimum Gasteiger partial charge on any atom is -0.481 e. The minimum atomic E-state index is -0.759. The summed E-state index contributed by atoms with van der Waals surface area (Å²) in [5, 5.41) is 11.7. The number of carboxylic acid groups (broad SMARTS) is 1. The Bertz CT molecular complexity index is 309. The average molecular weight is 272 g/mol. The Labute approximate surface area is 114 Å². The molecule has 0 aliphatic carbocycles. The zero-order valence-electron chi connectivity index (χ0n) is 11.7. The normalized spacial score (nSPS) is 21.9. The highest BCUT2D eigenvalue weighted by Crippen LogP contribution is 2.19. The number of carboxylic acids is 1. The lowest BCUT2D eigenvalue weighted by Crippen LogP contribution is -2.45. The van der Waals surface area contributed by atoms with Crippen molar-refractivity contribution in [2.45, 2.75) is 32.2 Å². The Morgan fingerprint density at radius 3 is 2.89 bits per heavy atom. The van der Waals surface area contributed by atoms with Crippen LogP contribution in [0, 0.1) is 5.92 Å². The SMILES string of the molecule is COCC(C)NC(=O)CN1CCCC(CC(=O)O)C1. The summed E-state index contributed by atoms with van der Waals surface area (Å²) in [7, 11) is 1.60. The number of hydrogen-bond acceptors (Lipinski definition) is 4. The number of aliphatic carboxylic acids is 1. The van der Waals surface area contributed by atoms with Gasteiger partial charge in [0.1, 0.15) is 0 Å². The Balaban J connectivity index is 2.31. The van der Waals surface area contributed by atoms with Crippen molar-refractivity contribution in [3.63, 3.8) is 0 Å². The van der Waals surface area contributed by atoms with Gasteiger partial charge in [-0.3, -0.25) is 14.5 Å². The molecule has 2 N–H and O–H groups in total. The van der Waals surface area contributed by atoms with E-state index in [1.807, 2.05) is 11.8 Å². The summed E-state index contributed by atoms with van der Waals surface area (Å²) in [4.78, 5) is 24.5. The molecule has 2 unspecified atom stereocenters. The number of amides is 1. The number of likely N-dealkylation sites (tertiary alicyclic amines) is 1. The van der Waals surface area contributed by atoms with Crippen molar-refractivity contribution in [3.05, 3.63) is 0 Å². The van der Waals surface area contributed by atoms with Gasteiger partial charge in [0, 0.05) is 26.1 Å². The van der Waals surface area contributed by atoms with Gasteiger partial charge in [-0.2, -0.15) is 0 Å². The molecular formula is C13H24N2O4. The number of carbonyl (C=O) groups is 2. The van der Waals surface area contributed by atoms with Gasteiger partial charge in [0.15, 0.2) is 0 Å². The van der Waals surface area contributed by atoms with Crippen molar-refractivity contribution in [1.29, 1.82) is 0 Å². The van der Waals surface area contributed by atoms with Gasteiger partial charge in [-0.1, -0.05) is 0 Å². The number of nitrogens with one attached hydrogen (secondary N) is 1. The number of nitrogens with zero attached hydrogens (tertiary/aromatic N) is 1. The van der Waals surface area contributed by atoms with Crippen molar-refractivity contribution in [2.24, 2.45) is 5.92 Å². The lowest BCUT2D eigenvalue weighted by Gasteiger charge is -2.31. The quantitative estimate of drug-likeness (QED) is 0.698. The van der Waals surface area contributed by atoms with Gasteiger partial charge in [-0.05, 0) is 32.2 Å². The van der Waals surface area contributed by atoms with Crippen LogP contribution in [-0.4, -0.2) is 61.3 Å². The number of piperidine rings is 1. The summed E-state index contributed by atoms with van der Waals surface area (Å²) < 4.78 is 4.96. The number of rotatable bonds is 7. The maximum atomic E-state index is 11.8. The van der Waals surface area contributed by atoms with Crippen LogP contribution in [0.2, 0.25) is 0 Å². The van der Waals surface area contributed by atoms with Crippen LogP contribution < -0.4 is 5.32 Å². The molecule has 0 aromatic heterocycles. The molecule has 0 saturated carbocycles. The Morgan fingerprint density at radius 1 is 1.53 bits per heavy atom. The summed E-state index contributed by atoms with van der Waals surface area (Å²) in [6, 6.07) is -0.00268. The fourth-order valence-corrected chi connectivity index (χ4v) is 2.52. The first-order valence-corrected chi connectivity index (χ1v) is 6.73. The van der Waals surface area contributed by atoms with E-state index >= 15 is 0 Å². The summed E-state index contributed by atoms with van der Waals surface area (Å²) >= 11 is 0. The molecule has 0 aromatic rings. The molecule has 1 saturated heterocycles. The smallest absolute Gasteiger partial charge is 0.303 e. The fraction of sp³-hybridized carbons (Fsp3) is 0.846. The van der Waals surface area contributed by atoms with E-state index < -0.39 is 5.97 Å². The van der Waals surface area contributed by atoms with Gasteiger partial charge >= 0.3 is 5.97 Å². The second kappa shape index (κ2) is 8.12. The van der Waals surface area contributed by atoms with E-state index in [0.717, 1.165) is 19.4 Å². The van der Waals surface area contributed by atoms with Gasteiger partial charge in [-0.15, -0.1) is 0 Å². The monoisotopic (exact) mass is 272 g/mol. The van der Waals surface area contributed by atoms with Crippen LogP contribution in [0.3, 0.4) is 0 Å². The lowest BCUT2D eigenvalue weighted by atomic mass is 9.95. The maximum Gasteiger partial charge on any atom is 0.303 e. The fourth-order valence-electron chi connectivity index (χ4n) is 2.52. The number of methoxy groups -OCH3 is 1. The first kappa shape index (κ1) is 15.9. The largest absolute Gasteiger partial charge is 0.481 e. The van der Waals surface area contributed by atoms with Crippen LogP contribution in [0.5, 0.6) is 0 Å². The first-order chi connectivity index (χ1) is 9.01. The second-order valence-electron chi connectivity index (χ2n) is 5.27. The number of hydrogen-bond donors (Lipinski definition) is 2. The van der Waals surface area contributed by atoms with Crippen LogP contribution >= 0.6 is 0 Å². The summed E-state index contributed by atoms with van der Waals surface area (Å²) in [6.45, 7) is 4.28. The summed E-state index contributed by atoms with van der Waals surface area (Å²) in [5.41, 5.74) is 0. The Morgan fingerprint density at radius 2 is 2.26 bits per heavy atom. The van der Waals surface area contributed by atoms with Gasteiger partial charge in [0.2, 0.25) is 5.91 Å². The summed E-state index contributed by atoms with van der Waals surface area (Å²) in [6.07, 6.45) is 2.08. The van der Waals surface area contributed by atoms with Crippen LogP contribution in [0.4, 0.5) is 0 Å². The van der Waals surface area contributed by atoms with Gasteiger partial charge in [0.05, 0.1) is 13.2 Å². The Kier molecular flexibility index (Phi) is 6.80. The van der Waals surface area contributed by atoms with Crippen molar-refractivity contribution in [1.82, 2.24) is 10.2 Å². The molecule has 1 aliphatic rings. The number of ether oxygens (including phenoxy) is 1. The van der Waals surface area contributed by atoms with Gasteiger partial charge < -0.3 is 15.2 Å². The van der Waals surface area contributed by atoms with E-state index in [0.29, 0.717) is 19.7 Å². The van der Waals surface area contributed by atoms with Crippen LogP contribution in [-0.2, 0) is 14.3 Å². The zero-order valence-corrected chi connectivity index (χ0v) is 11.7. The van der Waals surface area contributed by atoms with Crippen molar-refractivity contribution in [3.8, 4) is 0 Å². The minimum absolute atomic E-state index is 0.00268. The molecule has 1 aliphatic heterocycles. The molecule has 0 radical (unpaired) electrons. The number of carbonyl (C=O) groups excluding carboxylic acids is 1. The third-order valence-electron chi connectivity index (χ3n) is 3.26. The molecule has 2 atom stereocenters. The molecule has 1 amide bonds. The zero-order chi connectivity index (χ0) is 14.3. The third-order valence-corrected chi connectivity index (χ3v) is 3.26. The molecule has 0 spiro atoms. The average Bonchev–Trinajstić information content (AvgIpc) is 2.28. The van der Waals surface area contributed by atoms with E-state index in [9.17, 15) is 9.59 Å². The Hall–Kier alpha value is -1.14. The van der Waals surface area contributed by atoms with Crippen molar-refractivity contribution >= 4 is 11.9 Å². The maximum absolute atomic E-state index is 11.8. The molecule has 1 heterocycles. The molecule has 1 rings (SSSR count). The molecular weight excluding hydrogens is 248 g/mol. The van der Waals surface area contributed by atoms with E-state index in [-0.39, 0.29) is 24.3 Å². The third kappa shape index (κ3) is 6.54. The topological polar surface area (TPSA) is 78.9 Å². The summed E-state index contributed by atoms with van der Waals surface area (Å²) in [5.74, 6) is -0.624. The standard InChI is InChI=1S/C13H24N2O4/c1-10(9-19-2)14-12(16)8-15-5-3-4-11(7-15)6-13(17)18/h10-11H,3-9H2,1-2H3,(H,14,16)(H,17,18). The predicted molar refractivity (Wildman–Crippen MR) is 70.9 cm³/mol. The van der Waals surface area contributed by atoms with Gasteiger partial charge in [-0.25, -0.2) is 0 Å². The molecule has 6 heteroatoms. The second-order valence-corrected chi connectivity index (χ2v) is 5.27. The van der Waals surface area contributed by atoms with Crippen LogP contribution in [0.25, 0.3) is 0 Å². The molecule has 19 heavy (non-hydrogen) atoms. The molecule has 1 fully saturated rings. The first-order valence-electron chi connectivity index (χ1n) is 6.73. The van der Waals surface area contributed by atoms with E-state index in [2.05, 4.69) is 5.32 Å². The lowest BCUT2D eigenvalue weighted by molar-refractivity contribution is -0.138. The van der Waals surface area contributed by atoms with Gasteiger partial charge in [0.25, 0.3) is 0 Å². The highest BCUT2D eigenvalue weighted by Gasteiger charge is 2.23. The van der Waals surface area contributed by atoms with Crippen LogP contribution in [0.15, 0.2) is 0 Å². The highest BCUT2D eigenvalue weighted by atomic mass is 16.5. The highest BCUT2D eigenvalue weighted by molar-refractivity contribution is 5.78. The van der Waals surface area contributed by atoms with Crippen LogP contribution in [0.1, 0.15) is 26.2 Å².